The van der Waals surface area contributed by atoms with Crippen molar-refractivity contribution < 1.29 is 19.4 Å². The lowest BCUT2D eigenvalue weighted by Crippen LogP contribution is -2.22. The van der Waals surface area contributed by atoms with E-state index >= 15 is 0 Å². The fourth-order valence-corrected chi connectivity index (χ4v) is 2.53. The van der Waals surface area contributed by atoms with Crippen LogP contribution in [0.1, 0.15) is 78.1 Å². The number of aliphatic hydroxyl groups is 1. The minimum absolute atomic E-state index is 0.0490. The number of aliphatic hydroxyl groups excluding tert-OH is 1. The molecule has 0 aromatic heterocycles. The lowest BCUT2D eigenvalue weighted by Gasteiger charge is -2.08. The Hall–Kier alpha value is -0.610. The Balaban J connectivity index is 1.88. The van der Waals surface area contributed by atoms with Crippen LogP contribution in [0, 0.1) is 0 Å². The molecular weight excluding hydrogens is 268 g/mol. The molecule has 124 valence electrons. The Morgan fingerprint density at radius 1 is 1.10 bits per heavy atom. The smallest absolute Gasteiger partial charge is 0.338 e. The highest BCUT2D eigenvalue weighted by molar-refractivity contribution is 5.78. The SMILES string of the molecule is CCCCCCCCCCCC1OC1C(=O)OC(C)CO. The zero-order valence-electron chi connectivity index (χ0n) is 13.7. The first-order valence-electron chi connectivity index (χ1n) is 8.65. The van der Waals surface area contributed by atoms with Crippen molar-refractivity contribution in [2.75, 3.05) is 6.61 Å². The molecule has 0 bridgehead atoms. The molecule has 1 aliphatic rings. The van der Waals surface area contributed by atoms with Gasteiger partial charge in [0.25, 0.3) is 0 Å². The van der Waals surface area contributed by atoms with Gasteiger partial charge in [0.2, 0.25) is 0 Å². The topological polar surface area (TPSA) is 59.1 Å². The summed E-state index contributed by atoms with van der Waals surface area (Å²) in [5.41, 5.74) is 0. The van der Waals surface area contributed by atoms with Gasteiger partial charge in [-0.15, -0.1) is 0 Å². The number of carbonyl (C=O) groups is 1. The van der Waals surface area contributed by atoms with E-state index in [4.69, 9.17) is 14.6 Å². The van der Waals surface area contributed by atoms with Crippen LogP contribution in [-0.2, 0) is 14.3 Å². The van der Waals surface area contributed by atoms with Crippen LogP contribution in [0.5, 0.6) is 0 Å². The van der Waals surface area contributed by atoms with Crippen molar-refractivity contribution in [1.29, 1.82) is 0 Å². The number of esters is 1. The Labute approximate surface area is 129 Å². The number of epoxide rings is 1. The summed E-state index contributed by atoms with van der Waals surface area (Å²) < 4.78 is 10.4. The van der Waals surface area contributed by atoms with E-state index < -0.39 is 6.10 Å². The quantitative estimate of drug-likeness (QED) is 0.321. The van der Waals surface area contributed by atoms with Gasteiger partial charge >= 0.3 is 5.97 Å². The zero-order chi connectivity index (χ0) is 15.5. The summed E-state index contributed by atoms with van der Waals surface area (Å²) in [4.78, 5) is 11.6. The summed E-state index contributed by atoms with van der Waals surface area (Å²) in [5, 5.41) is 8.83. The fourth-order valence-electron chi connectivity index (χ4n) is 2.53. The Kier molecular flexibility index (Phi) is 9.68. The molecule has 0 amide bonds. The third-order valence-corrected chi connectivity index (χ3v) is 3.98. The lowest BCUT2D eigenvalue weighted by atomic mass is 10.1. The number of hydrogen-bond donors (Lipinski definition) is 1. The summed E-state index contributed by atoms with van der Waals surface area (Å²) in [7, 11) is 0. The maximum atomic E-state index is 11.6. The fraction of sp³-hybridized carbons (Fsp3) is 0.941. The van der Waals surface area contributed by atoms with E-state index in [2.05, 4.69) is 6.92 Å². The summed E-state index contributed by atoms with van der Waals surface area (Å²) >= 11 is 0. The first-order chi connectivity index (χ1) is 10.2. The largest absolute Gasteiger partial charge is 0.458 e. The minimum atomic E-state index is -0.435. The van der Waals surface area contributed by atoms with E-state index in [0.717, 1.165) is 12.8 Å². The second kappa shape index (κ2) is 11.0. The summed E-state index contributed by atoms with van der Waals surface area (Å²) in [6, 6.07) is 0. The number of ether oxygens (including phenoxy) is 2. The minimum Gasteiger partial charge on any atom is -0.458 e. The third-order valence-electron chi connectivity index (χ3n) is 3.98. The second-order valence-electron chi connectivity index (χ2n) is 6.14. The monoisotopic (exact) mass is 300 g/mol. The molecule has 1 aliphatic heterocycles. The van der Waals surface area contributed by atoms with Gasteiger partial charge in [-0.2, -0.15) is 0 Å². The van der Waals surface area contributed by atoms with E-state index in [1.54, 1.807) is 6.92 Å². The van der Waals surface area contributed by atoms with Gasteiger partial charge in [-0.05, 0) is 13.3 Å². The molecule has 4 nitrogen and oxygen atoms in total. The average Bonchev–Trinajstić information content (AvgIpc) is 3.25. The molecule has 0 radical (unpaired) electrons. The van der Waals surface area contributed by atoms with Crippen LogP contribution in [0.15, 0.2) is 0 Å². The standard InChI is InChI=1S/C17H32O4/c1-3-4-5-6-7-8-9-10-11-12-15-16(21-15)17(19)20-14(2)13-18/h14-16,18H,3-13H2,1-2H3. The number of unbranched alkanes of at least 4 members (excludes halogenated alkanes) is 8. The van der Waals surface area contributed by atoms with Gasteiger partial charge in [0, 0.05) is 0 Å². The van der Waals surface area contributed by atoms with Gasteiger partial charge in [0.1, 0.15) is 6.10 Å². The molecule has 3 atom stereocenters. The molecule has 0 aliphatic carbocycles. The molecule has 1 fully saturated rings. The maximum Gasteiger partial charge on any atom is 0.338 e. The molecule has 4 heteroatoms. The van der Waals surface area contributed by atoms with Crippen LogP contribution in [-0.4, -0.2) is 36.0 Å². The molecule has 0 spiro atoms. The number of hydrogen-bond acceptors (Lipinski definition) is 4. The third kappa shape index (κ3) is 8.42. The highest BCUT2D eigenvalue weighted by atomic mass is 16.6. The van der Waals surface area contributed by atoms with Gasteiger partial charge in [0.15, 0.2) is 6.10 Å². The van der Waals surface area contributed by atoms with Gasteiger partial charge in [-0.25, -0.2) is 4.79 Å². The average molecular weight is 300 g/mol. The van der Waals surface area contributed by atoms with Crippen molar-refractivity contribution >= 4 is 5.97 Å². The van der Waals surface area contributed by atoms with Crippen molar-refractivity contribution in [2.45, 2.75) is 96.4 Å². The van der Waals surface area contributed by atoms with Gasteiger partial charge in [-0.1, -0.05) is 64.7 Å². The number of rotatable bonds is 13. The van der Waals surface area contributed by atoms with E-state index in [9.17, 15) is 4.79 Å². The van der Waals surface area contributed by atoms with Gasteiger partial charge in [0.05, 0.1) is 12.7 Å². The molecule has 1 rings (SSSR count). The number of carbonyl (C=O) groups excluding carboxylic acids is 1. The first-order valence-corrected chi connectivity index (χ1v) is 8.65. The van der Waals surface area contributed by atoms with Crippen LogP contribution < -0.4 is 0 Å². The molecule has 1 N–H and O–H groups in total. The Morgan fingerprint density at radius 2 is 1.67 bits per heavy atom. The highest BCUT2D eigenvalue weighted by Gasteiger charge is 2.45. The predicted molar refractivity (Wildman–Crippen MR) is 83.1 cm³/mol. The van der Waals surface area contributed by atoms with Crippen LogP contribution in [0.3, 0.4) is 0 Å². The van der Waals surface area contributed by atoms with E-state index in [1.165, 1.54) is 51.4 Å². The van der Waals surface area contributed by atoms with Crippen LogP contribution in [0.25, 0.3) is 0 Å². The zero-order valence-corrected chi connectivity index (χ0v) is 13.7. The normalized spacial score (nSPS) is 22.0. The molecule has 0 aromatic carbocycles. The van der Waals surface area contributed by atoms with Gasteiger partial charge in [-0.3, -0.25) is 0 Å². The highest BCUT2D eigenvalue weighted by Crippen LogP contribution is 2.29. The molecule has 1 saturated heterocycles. The Bertz CT molecular complexity index is 280. The van der Waals surface area contributed by atoms with Crippen molar-refractivity contribution in [3.8, 4) is 0 Å². The predicted octanol–water partition coefficient (Wildman–Crippen LogP) is 3.60. The van der Waals surface area contributed by atoms with Crippen molar-refractivity contribution in [2.24, 2.45) is 0 Å². The van der Waals surface area contributed by atoms with E-state index in [-0.39, 0.29) is 24.8 Å². The van der Waals surface area contributed by atoms with Crippen molar-refractivity contribution in [1.82, 2.24) is 0 Å². The lowest BCUT2D eigenvalue weighted by molar-refractivity contribution is -0.151. The van der Waals surface area contributed by atoms with E-state index in [0.29, 0.717) is 0 Å². The van der Waals surface area contributed by atoms with Crippen molar-refractivity contribution in [3.63, 3.8) is 0 Å². The van der Waals surface area contributed by atoms with Crippen molar-refractivity contribution in [3.05, 3.63) is 0 Å². The summed E-state index contributed by atoms with van der Waals surface area (Å²) in [5.74, 6) is -0.322. The van der Waals surface area contributed by atoms with E-state index in [1.807, 2.05) is 0 Å². The van der Waals surface area contributed by atoms with Gasteiger partial charge < -0.3 is 14.6 Å². The second-order valence-corrected chi connectivity index (χ2v) is 6.14. The maximum absolute atomic E-state index is 11.6. The summed E-state index contributed by atoms with van der Waals surface area (Å²) in [6.07, 6.45) is 11.9. The molecule has 1 heterocycles. The van der Waals surface area contributed by atoms with Crippen LogP contribution in [0.4, 0.5) is 0 Å². The molecule has 0 saturated carbocycles. The summed E-state index contributed by atoms with van der Waals surface area (Å²) in [6.45, 7) is 3.78. The van der Waals surface area contributed by atoms with Crippen LogP contribution in [0.2, 0.25) is 0 Å². The molecule has 21 heavy (non-hydrogen) atoms. The molecule has 3 unspecified atom stereocenters. The Morgan fingerprint density at radius 3 is 2.24 bits per heavy atom. The molecule has 0 aromatic rings. The van der Waals surface area contributed by atoms with Crippen LogP contribution >= 0.6 is 0 Å². The first kappa shape index (κ1) is 18.4. The molecular formula is C17H32O4.